The van der Waals surface area contributed by atoms with E-state index in [0.29, 0.717) is 6.61 Å². The fraction of sp³-hybridized carbons (Fsp3) is 0.611. The Hall–Kier alpha value is -1.55. The molecule has 0 aromatic heterocycles. The third kappa shape index (κ3) is 8.03. The third-order valence-corrected chi connectivity index (χ3v) is 3.36. The van der Waals surface area contributed by atoms with E-state index >= 15 is 0 Å². The van der Waals surface area contributed by atoms with Crippen LogP contribution in [0.3, 0.4) is 0 Å². The lowest BCUT2D eigenvalue weighted by Gasteiger charge is -2.12. The van der Waals surface area contributed by atoms with E-state index in [1.807, 2.05) is 7.05 Å². The van der Waals surface area contributed by atoms with E-state index in [1.54, 1.807) is 0 Å². The van der Waals surface area contributed by atoms with Crippen molar-refractivity contribution in [2.24, 2.45) is 4.99 Å². The van der Waals surface area contributed by atoms with Crippen molar-refractivity contribution in [3.8, 4) is 0 Å². The molecule has 1 aromatic rings. The first-order valence-electron chi connectivity index (χ1n) is 8.29. The number of ether oxygens (including phenoxy) is 1. The monoisotopic (exact) mass is 305 g/mol. The van der Waals surface area contributed by atoms with Gasteiger partial charge in [-0.15, -0.1) is 0 Å². The Morgan fingerprint density at radius 2 is 1.77 bits per heavy atom. The second-order valence-electron chi connectivity index (χ2n) is 5.74. The summed E-state index contributed by atoms with van der Waals surface area (Å²) in [5, 5.41) is 6.68. The minimum Gasteiger partial charge on any atom is -0.374 e. The highest BCUT2D eigenvalue weighted by Gasteiger charge is 2.00. The predicted octanol–water partition coefficient (Wildman–Crippen LogP) is 3.47. The summed E-state index contributed by atoms with van der Waals surface area (Å²) < 4.78 is 5.60. The smallest absolute Gasteiger partial charge is 0.191 e. The number of unbranched alkanes of at least 4 members (excludes halogenated alkanes) is 2. The SMILES string of the molecule is CCCCCNC(=NC)NCc1ccc(COC(C)C)cc1. The number of hydrogen-bond donors (Lipinski definition) is 2. The molecule has 4 nitrogen and oxygen atoms in total. The van der Waals surface area contributed by atoms with Gasteiger partial charge in [-0.25, -0.2) is 0 Å². The number of benzene rings is 1. The van der Waals surface area contributed by atoms with Crippen LogP contribution in [0.5, 0.6) is 0 Å². The van der Waals surface area contributed by atoms with E-state index in [-0.39, 0.29) is 6.10 Å². The first-order valence-corrected chi connectivity index (χ1v) is 8.29. The van der Waals surface area contributed by atoms with E-state index in [9.17, 15) is 0 Å². The Balaban J connectivity index is 2.33. The molecule has 0 bridgehead atoms. The highest BCUT2D eigenvalue weighted by Crippen LogP contribution is 2.07. The molecular formula is C18H31N3O. The minimum absolute atomic E-state index is 0.267. The normalized spacial score (nSPS) is 11.8. The Labute approximate surface area is 135 Å². The van der Waals surface area contributed by atoms with Gasteiger partial charge in [0.2, 0.25) is 0 Å². The molecule has 0 aliphatic heterocycles. The van der Waals surface area contributed by atoms with Crippen molar-refractivity contribution in [3.05, 3.63) is 35.4 Å². The molecule has 124 valence electrons. The Morgan fingerprint density at radius 1 is 1.09 bits per heavy atom. The molecule has 0 saturated heterocycles. The molecule has 0 aliphatic carbocycles. The molecule has 22 heavy (non-hydrogen) atoms. The summed E-state index contributed by atoms with van der Waals surface area (Å²) in [6, 6.07) is 8.51. The first kappa shape index (κ1) is 18.5. The summed E-state index contributed by atoms with van der Waals surface area (Å²) in [4.78, 5) is 4.24. The van der Waals surface area contributed by atoms with Crippen LogP contribution < -0.4 is 10.6 Å². The van der Waals surface area contributed by atoms with Gasteiger partial charge in [0.15, 0.2) is 5.96 Å². The fourth-order valence-electron chi connectivity index (χ4n) is 2.00. The van der Waals surface area contributed by atoms with Crippen molar-refractivity contribution in [1.29, 1.82) is 0 Å². The zero-order valence-electron chi connectivity index (χ0n) is 14.5. The average molecular weight is 305 g/mol. The van der Waals surface area contributed by atoms with Gasteiger partial charge in [0.1, 0.15) is 0 Å². The van der Waals surface area contributed by atoms with Crippen LogP contribution in [0.4, 0.5) is 0 Å². The molecule has 0 amide bonds. The van der Waals surface area contributed by atoms with Crippen molar-refractivity contribution >= 4 is 5.96 Å². The zero-order chi connectivity index (χ0) is 16.2. The molecular weight excluding hydrogens is 274 g/mol. The van der Waals surface area contributed by atoms with E-state index in [4.69, 9.17) is 4.74 Å². The topological polar surface area (TPSA) is 45.7 Å². The Kier molecular flexibility index (Phi) is 9.31. The molecule has 0 fully saturated rings. The molecule has 0 radical (unpaired) electrons. The van der Waals surface area contributed by atoms with E-state index in [0.717, 1.165) is 19.0 Å². The summed E-state index contributed by atoms with van der Waals surface area (Å²) in [5.41, 5.74) is 2.45. The van der Waals surface area contributed by atoms with E-state index in [2.05, 4.69) is 60.7 Å². The molecule has 0 atom stereocenters. The van der Waals surface area contributed by atoms with Crippen LogP contribution in [0.25, 0.3) is 0 Å². The molecule has 1 rings (SSSR count). The summed E-state index contributed by atoms with van der Waals surface area (Å²) in [5.74, 6) is 0.864. The van der Waals surface area contributed by atoms with Gasteiger partial charge >= 0.3 is 0 Å². The van der Waals surface area contributed by atoms with Crippen LogP contribution in [0, 0.1) is 0 Å². The van der Waals surface area contributed by atoms with Crippen LogP contribution >= 0.6 is 0 Å². The third-order valence-electron chi connectivity index (χ3n) is 3.36. The van der Waals surface area contributed by atoms with Crippen molar-refractivity contribution in [3.63, 3.8) is 0 Å². The second kappa shape index (κ2) is 11.1. The van der Waals surface area contributed by atoms with Crippen molar-refractivity contribution in [1.82, 2.24) is 10.6 Å². The maximum Gasteiger partial charge on any atom is 0.191 e. The first-order chi connectivity index (χ1) is 10.7. The molecule has 0 spiro atoms. The highest BCUT2D eigenvalue weighted by molar-refractivity contribution is 5.79. The van der Waals surface area contributed by atoms with Gasteiger partial charge in [-0.2, -0.15) is 0 Å². The number of nitrogens with one attached hydrogen (secondary N) is 2. The van der Waals surface area contributed by atoms with E-state index in [1.165, 1.54) is 30.4 Å². The van der Waals surface area contributed by atoms with E-state index < -0.39 is 0 Å². The van der Waals surface area contributed by atoms with Crippen LogP contribution in [0.1, 0.15) is 51.2 Å². The van der Waals surface area contributed by atoms with Crippen LogP contribution in [-0.4, -0.2) is 25.7 Å². The van der Waals surface area contributed by atoms with Crippen molar-refractivity contribution < 1.29 is 4.74 Å². The summed E-state index contributed by atoms with van der Waals surface area (Å²) in [6.07, 6.45) is 3.94. The van der Waals surface area contributed by atoms with Gasteiger partial charge in [0.25, 0.3) is 0 Å². The quantitative estimate of drug-likeness (QED) is 0.417. The number of guanidine groups is 1. The van der Waals surface area contributed by atoms with Crippen molar-refractivity contribution in [2.45, 2.75) is 59.3 Å². The Bertz CT molecular complexity index is 426. The maximum atomic E-state index is 5.60. The zero-order valence-corrected chi connectivity index (χ0v) is 14.5. The van der Waals surface area contributed by atoms with Gasteiger partial charge in [-0.05, 0) is 31.4 Å². The molecule has 1 aromatic carbocycles. The number of rotatable bonds is 9. The predicted molar refractivity (Wildman–Crippen MR) is 94.1 cm³/mol. The lowest BCUT2D eigenvalue weighted by Crippen LogP contribution is -2.37. The fourth-order valence-corrected chi connectivity index (χ4v) is 2.00. The van der Waals surface area contributed by atoms with Gasteiger partial charge in [-0.3, -0.25) is 4.99 Å². The average Bonchev–Trinajstić information content (AvgIpc) is 2.53. The van der Waals surface area contributed by atoms with Crippen molar-refractivity contribution in [2.75, 3.05) is 13.6 Å². The second-order valence-corrected chi connectivity index (χ2v) is 5.74. The van der Waals surface area contributed by atoms with Gasteiger partial charge in [0.05, 0.1) is 12.7 Å². The standard InChI is InChI=1S/C18H31N3O/c1-5-6-7-12-20-18(19-4)21-13-16-8-10-17(11-9-16)14-22-15(2)3/h8-11,15H,5-7,12-14H2,1-4H3,(H2,19,20,21). The number of hydrogen-bond acceptors (Lipinski definition) is 2. The summed E-state index contributed by atoms with van der Waals surface area (Å²) in [6.45, 7) is 8.74. The molecule has 2 N–H and O–H groups in total. The largest absolute Gasteiger partial charge is 0.374 e. The van der Waals surface area contributed by atoms with Crippen LogP contribution in [0.15, 0.2) is 29.3 Å². The lowest BCUT2D eigenvalue weighted by molar-refractivity contribution is 0.0657. The molecule has 0 saturated carbocycles. The lowest BCUT2D eigenvalue weighted by atomic mass is 10.1. The molecule has 4 heteroatoms. The van der Waals surface area contributed by atoms with Gasteiger partial charge in [0, 0.05) is 20.1 Å². The highest BCUT2D eigenvalue weighted by atomic mass is 16.5. The van der Waals surface area contributed by atoms with Crippen LogP contribution in [0.2, 0.25) is 0 Å². The minimum atomic E-state index is 0.267. The van der Waals surface area contributed by atoms with Gasteiger partial charge < -0.3 is 15.4 Å². The van der Waals surface area contributed by atoms with Crippen LogP contribution in [-0.2, 0) is 17.9 Å². The summed E-state index contributed by atoms with van der Waals surface area (Å²) in [7, 11) is 1.81. The maximum absolute atomic E-state index is 5.60. The Morgan fingerprint density at radius 3 is 2.36 bits per heavy atom. The van der Waals surface area contributed by atoms with Gasteiger partial charge in [-0.1, -0.05) is 44.0 Å². The molecule has 0 aliphatic rings. The molecule has 0 heterocycles. The molecule has 0 unspecified atom stereocenters. The number of nitrogens with zero attached hydrogens (tertiary/aromatic N) is 1. The summed E-state index contributed by atoms with van der Waals surface area (Å²) >= 11 is 0. The number of aliphatic imine (C=N–C) groups is 1.